The van der Waals surface area contributed by atoms with Gasteiger partial charge in [0.05, 0.1) is 6.10 Å². The van der Waals surface area contributed by atoms with Crippen LogP contribution < -0.4 is 5.73 Å². The molecule has 2 nitrogen and oxygen atoms in total. The molecule has 2 unspecified atom stereocenters. The molecule has 0 aliphatic heterocycles. The minimum atomic E-state index is -0.501. The normalized spacial score (nSPS) is 23.9. The van der Waals surface area contributed by atoms with Crippen molar-refractivity contribution in [2.24, 2.45) is 5.73 Å². The van der Waals surface area contributed by atoms with Crippen molar-refractivity contribution < 1.29 is 5.11 Å². The number of hydrogen-bond acceptors (Lipinski definition) is 3. The van der Waals surface area contributed by atoms with Crippen molar-refractivity contribution in [3.63, 3.8) is 0 Å². The predicted octanol–water partition coefficient (Wildman–Crippen LogP) is 3.01. The summed E-state index contributed by atoms with van der Waals surface area (Å²) in [4.78, 5) is 1.02. The van der Waals surface area contributed by atoms with E-state index in [2.05, 4.69) is 24.3 Å². The topological polar surface area (TPSA) is 46.2 Å². The van der Waals surface area contributed by atoms with Gasteiger partial charge in [-0.05, 0) is 41.8 Å². The van der Waals surface area contributed by atoms with Gasteiger partial charge in [-0.25, -0.2) is 0 Å². The summed E-state index contributed by atoms with van der Waals surface area (Å²) in [6.45, 7) is 0.489. The highest BCUT2D eigenvalue weighted by Gasteiger charge is 2.42. The van der Waals surface area contributed by atoms with Crippen LogP contribution in [0.1, 0.15) is 34.9 Å². The molecule has 100 valence electrons. The lowest BCUT2D eigenvalue weighted by molar-refractivity contribution is 0.0748. The van der Waals surface area contributed by atoms with Gasteiger partial charge in [0, 0.05) is 16.8 Å². The molecule has 1 aromatic carbocycles. The summed E-state index contributed by atoms with van der Waals surface area (Å²) in [5.74, 6) is 0. The van der Waals surface area contributed by atoms with E-state index >= 15 is 0 Å². The zero-order chi connectivity index (χ0) is 13.3. The third-order valence-electron chi connectivity index (χ3n) is 4.32. The Hall–Kier alpha value is -1.16. The fourth-order valence-corrected chi connectivity index (χ4v) is 4.11. The van der Waals surface area contributed by atoms with Crippen molar-refractivity contribution in [2.75, 3.05) is 6.54 Å². The van der Waals surface area contributed by atoms with Crippen molar-refractivity contribution in [1.29, 1.82) is 0 Å². The van der Waals surface area contributed by atoms with Crippen LogP contribution in [0.4, 0.5) is 0 Å². The van der Waals surface area contributed by atoms with E-state index in [4.69, 9.17) is 5.73 Å². The molecule has 0 bridgehead atoms. The quantitative estimate of drug-likeness (QED) is 0.903. The molecule has 1 aliphatic carbocycles. The van der Waals surface area contributed by atoms with Crippen LogP contribution in [0, 0.1) is 0 Å². The Labute approximate surface area is 117 Å². The van der Waals surface area contributed by atoms with Crippen LogP contribution in [0.15, 0.2) is 41.8 Å². The van der Waals surface area contributed by atoms with E-state index in [1.807, 2.05) is 17.5 Å². The average molecular weight is 273 g/mol. The highest BCUT2D eigenvalue weighted by Crippen LogP contribution is 2.46. The van der Waals surface area contributed by atoms with E-state index in [0.29, 0.717) is 6.54 Å². The molecule has 0 saturated carbocycles. The van der Waals surface area contributed by atoms with Gasteiger partial charge in [-0.15, -0.1) is 11.3 Å². The first-order valence-electron chi connectivity index (χ1n) is 6.78. The molecule has 1 aromatic heterocycles. The van der Waals surface area contributed by atoms with E-state index in [1.165, 1.54) is 11.1 Å². The van der Waals surface area contributed by atoms with E-state index in [-0.39, 0.29) is 5.41 Å². The molecule has 3 rings (SSSR count). The molecule has 0 amide bonds. The monoisotopic (exact) mass is 273 g/mol. The number of aryl methyl sites for hydroxylation is 1. The molecule has 19 heavy (non-hydrogen) atoms. The zero-order valence-corrected chi connectivity index (χ0v) is 11.7. The van der Waals surface area contributed by atoms with Crippen molar-refractivity contribution in [2.45, 2.75) is 30.8 Å². The first-order chi connectivity index (χ1) is 9.28. The second-order valence-electron chi connectivity index (χ2n) is 5.29. The lowest BCUT2D eigenvalue weighted by Crippen LogP contribution is -2.43. The van der Waals surface area contributed by atoms with E-state index in [0.717, 1.165) is 24.1 Å². The van der Waals surface area contributed by atoms with Gasteiger partial charge in [-0.1, -0.05) is 30.3 Å². The third kappa shape index (κ3) is 2.02. The van der Waals surface area contributed by atoms with Crippen LogP contribution in [-0.2, 0) is 11.8 Å². The number of nitrogens with two attached hydrogens (primary N) is 1. The maximum absolute atomic E-state index is 10.9. The van der Waals surface area contributed by atoms with Gasteiger partial charge in [0.1, 0.15) is 0 Å². The standard InChI is InChI=1S/C16H19NOS/c17-11-16(15(18)14-8-4-10-19-14)9-3-6-12-5-1-2-7-13(12)16/h1-2,4-5,7-8,10,15,18H,3,6,9,11,17H2. The van der Waals surface area contributed by atoms with Crippen molar-refractivity contribution in [1.82, 2.24) is 0 Å². The highest BCUT2D eigenvalue weighted by molar-refractivity contribution is 7.10. The summed E-state index contributed by atoms with van der Waals surface area (Å²) in [5, 5.41) is 12.9. The lowest BCUT2D eigenvalue weighted by atomic mass is 9.66. The summed E-state index contributed by atoms with van der Waals surface area (Å²) in [7, 11) is 0. The largest absolute Gasteiger partial charge is 0.387 e. The van der Waals surface area contributed by atoms with E-state index < -0.39 is 6.10 Å². The molecule has 3 heteroatoms. The molecule has 3 N–H and O–H groups in total. The molecule has 0 saturated heterocycles. The number of rotatable bonds is 3. The molecular weight excluding hydrogens is 254 g/mol. The minimum absolute atomic E-state index is 0.320. The fourth-order valence-electron chi connectivity index (χ4n) is 3.28. The number of fused-ring (bicyclic) bond motifs is 1. The first kappa shape index (κ1) is 12.9. The first-order valence-corrected chi connectivity index (χ1v) is 7.66. The summed E-state index contributed by atoms with van der Waals surface area (Å²) in [5.41, 5.74) is 8.37. The molecular formula is C16H19NOS. The van der Waals surface area contributed by atoms with Gasteiger partial charge in [-0.2, -0.15) is 0 Å². The molecule has 0 radical (unpaired) electrons. The maximum Gasteiger partial charge on any atom is 0.0990 e. The Kier molecular flexibility index (Phi) is 3.44. The Morgan fingerprint density at radius 3 is 2.84 bits per heavy atom. The van der Waals surface area contributed by atoms with E-state index in [9.17, 15) is 5.11 Å². The number of aliphatic hydroxyl groups is 1. The molecule has 1 heterocycles. The van der Waals surface area contributed by atoms with E-state index in [1.54, 1.807) is 11.3 Å². The fraction of sp³-hybridized carbons (Fsp3) is 0.375. The van der Waals surface area contributed by atoms with Crippen molar-refractivity contribution in [3.8, 4) is 0 Å². The maximum atomic E-state index is 10.9. The van der Waals surface area contributed by atoms with Crippen molar-refractivity contribution in [3.05, 3.63) is 57.8 Å². The molecule has 2 atom stereocenters. The van der Waals surface area contributed by atoms with Gasteiger partial charge < -0.3 is 10.8 Å². The van der Waals surface area contributed by atoms with Gasteiger partial charge >= 0.3 is 0 Å². The minimum Gasteiger partial charge on any atom is -0.387 e. The SMILES string of the molecule is NCC1(C(O)c2cccs2)CCCc2ccccc21. The number of benzene rings is 1. The molecule has 0 fully saturated rings. The van der Waals surface area contributed by atoms with Gasteiger partial charge in [0.15, 0.2) is 0 Å². The number of aliphatic hydroxyl groups excluding tert-OH is 1. The van der Waals surface area contributed by atoms with Gasteiger partial charge in [0.2, 0.25) is 0 Å². The second kappa shape index (κ2) is 5.08. The smallest absolute Gasteiger partial charge is 0.0990 e. The second-order valence-corrected chi connectivity index (χ2v) is 6.27. The van der Waals surface area contributed by atoms with Crippen LogP contribution in [-0.4, -0.2) is 11.7 Å². The lowest BCUT2D eigenvalue weighted by Gasteiger charge is -2.41. The van der Waals surface area contributed by atoms with Crippen LogP contribution >= 0.6 is 11.3 Å². The summed E-state index contributed by atoms with van der Waals surface area (Å²) >= 11 is 1.61. The van der Waals surface area contributed by atoms with Crippen molar-refractivity contribution >= 4 is 11.3 Å². The van der Waals surface area contributed by atoms with Crippen LogP contribution in [0.3, 0.4) is 0 Å². The Morgan fingerprint density at radius 1 is 1.26 bits per heavy atom. The molecule has 2 aromatic rings. The summed E-state index contributed by atoms with van der Waals surface area (Å²) in [6, 6.07) is 12.4. The average Bonchev–Trinajstić information content (AvgIpc) is 3.00. The van der Waals surface area contributed by atoms with Crippen LogP contribution in [0.2, 0.25) is 0 Å². The summed E-state index contributed by atoms with van der Waals surface area (Å²) < 4.78 is 0. The van der Waals surface area contributed by atoms with Gasteiger partial charge in [0.25, 0.3) is 0 Å². The molecule has 1 aliphatic rings. The van der Waals surface area contributed by atoms with Gasteiger partial charge in [-0.3, -0.25) is 0 Å². The van der Waals surface area contributed by atoms with Crippen LogP contribution in [0.5, 0.6) is 0 Å². The number of thiophene rings is 1. The Morgan fingerprint density at radius 2 is 2.11 bits per heavy atom. The highest BCUT2D eigenvalue weighted by atomic mass is 32.1. The molecule has 0 spiro atoms. The summed E-state index contributed by atoms with van der Waals surface area (Å²) in [6.07, 6.45) is 2.64. The van der Waals surface area contributed by atoms with Crippen LogP contribution in [0.25, 0.3) is 0 Å². The zero-order valence-electron chi connectivity index (χ0n) is 10.9. The third-order valence-corrected chi connectivity index (χ3v) is 5.25. The number of hydrogen-bond donors (Lipinski definition) is 2. The predicted molar refractivity (Wildman–Crippen MR) is 79.4 cm³/mol. The Bertz CT molecular complexity index is 552. The Balaban J connectivity index is 2.10.